The summed E-state index contributed by atoms with van der Waals surface area (Å²) in [5.41, 5.74) is 1.19. The van der Waals surface area contributed by atoms with Crippen molar-refractivity contribution in [1.82, 2.24) is 15.3 Å². The van der Waals surface area contributed by atoms with Crippen molar-refractivity contribution in [1.29, 1.82) is 0 Å². The van der Waals surface area contributed by atoms with Gasteiger partial charge in [0.25, 0.3) is 0 Å². The zero-order chi connectivity index (χ0) is 13.0. The van der Waals surface area contributed by atoms with Crippen molar-refractivity contribution in [2.75, 3.05) is 7.05 Å². The lowest BCUT2D eigenvalue weighted by molar-refractivity contribution is 0.648. The Hall–Kier alpha value is -0.910. The SMILES string of the molecule is CNC(C)c1ccc(Sc2ccc(Br)cn2)nc1. The van der Waals surface area contributed by atoms with E-state index in [1.807, 2.05) is 31.4 Å². The number of hydrogen-bond acceptors (Lipinski definition) is 4. The molecule has 2 rings (SSSR count). The number of halogens is 1. The smallest absolute Gasteiger partial charge is 0.102 e. The van der Waals surface area contributed by atoms with E-state index < -0.39 is 0 Å². The molecule has 0 aromatic carbocycles. The summed E-state index contributed by atoms with van der Waals surface area (Å²) in [5.74, 6) is 0. The van der Waals surface area contributed by atoms with E-state index in [1.54, 1.807) is 18.0 Å². The van der Waals surface area contributed by atoms with Crippen LogP contribution in [0.4, 0.5) is 0 Å². The largest absolute Gasteiger partial charge is 0.313 e. The molecular weight excluding hydrogens is 310 g/mol. The van der Waals surface area contributed by atoms with Gasteiger partial charge in [0.15, 0.2) is 0 Å². The Morgan fingerprint density at radius 1 is 1.11 bits per heavy atom. The van der Waals surface area contributed by atoms with Gasteiger partial charge in [-0.3, -0.25) is 0 Å². The maximum absolute atomic E-state index is 4.44. The lowest BCUT2D eigenvalue weighted by Crippen LogP contribution is -2.12. The minimum atomic E-state index is 0.322. The van der Waals surface area contributed by atoms with Crippen LogP contribution < -0.4 is 5.32 Å². The van der Waals surface area contributed by atoms with Crippen molar-refractivity contribution in [2.45, 2.75) is 23.0 Å². The topological polar surface area (TPSA) is 37.8 Å². The molecule has 0 saturated carbocycles. The van der Waals surface area contributed by atoms with Gasteiger partial charge in [-0.1, -0.05) is 17.8 Å². The normalized spacial score (nSPS) is 12.4. The Balaban J connectivity index is 2.08. The first-order valence-electron chi connectivity index (χ1n) is 5.61. The summed E-state index contributed by atoms with van der Waals surface area (Å²) in [7, 11) is 1.94. The molecule has 0 amide bonds. The number of nitrogens with zero attached hydrogens (tertiary/aromatic N) is 2. The fraction of sp³-hybridized carbons (Fsp3) is 0.231. The van der Waals surface area contributed by atoms with Gasteiger partial charge < -0.3 is 5.32 Å². The molecule has 0 saturated heterocycles. The molecule has 0 aliphatic rings. The molecule has 1 atom stereocenters. The highest BCUT2D eigenvalue weighted by Gasteiger charge is 2.04. The molecule has 18 heavy (non-hydrogen) atoms. The van der Waals surface area contributed by atoms with E-state index in [0.717, 1.165) is 14.5 Å². The Morgan fingerprint density at radius 2 is 1.78 bits per heavy atom. The lowest BCUT2D eigenvalue weighted by Gasteiger charge is -2.10. The number of pyridine rings is 2. The summed E-state index contributed by atoms with van der Waals surface area (Å²) in [5, 5.41) is 5.09. The maximum Gasteiger partial charge on any atom is 0.102 e. The van der Waals surface area contributed by atoms with Crippen molar-refractivity contribution in [2.24, 2.45) is 0 Å². The second-order valence-corrected chi connectivity index (χ2v) is 5.81. The highest BCUT2D eigenvalue weighted by atomic mass is 79.9. The first-order chi connectivity index (χ1) is 8.69. The molecule has 0 fully saturated rings. The zero-order valence-corrected chi connectivity index (χ0v) is 12.6. The van der Waals surface area contributed by atoms with E-state index in [1.165, 1.54) is 5.56 Å². The fourth-order valence-electron chi connectivity index (χ4n) is 1.40. The second kappa shape index (κ2) is 6.31. The third-order valence-electron chi connectivity index (χ3n) is 2.60. The molecule has 0 bridgehead atoms. The van der Waals surface area contributed by atoms with Gasteiger partial charge in [-0.05, 0) is 53.7 Å². The molecule has 0 aliphatic heterocycles. The minimum Gasteiger partial charge on any atom is -0.313 e. The Morgan fingerprint density at radius 3 is 2.28 bits per heavy atom. The van der Waals surface area contributed by atoms with E-state index in [9.17, 15) is 0 Å². The van der Waals surface area contributed by atoms with Crippen LogP contribution in [0.1, 0.15) is 18.5 Å². The van der Waals surface area contributed by atoms with Crippen LogP contribution in [0.15, 0.2) is 51.2 Å². The van der Waals surface area contributed by atoms with E-state index in [2.05, 4.69) is 44.2 Å². The molecule has 94 valence electrons. The molecule has 2 aromatic heterocycles. The van der Waals surface area contributed by atoms with Crippen molar-refractivity contribution < 1.29 is 0 Å². The summed E-state index contributed by atoms with van der Waals surface area (Å²) in [6, 6.07) is 8.39. The number of nitrogens with one attached hydrogen (secondary N) is 1. The molecule has 1 N–H and O–H groups in total. The highest BCUT2D eigenvalue weighted by Crippen LogP contribution is 2.25. The standard InChI is InChI=1S/C13H14BrN3S/c1-9(15-2)10-3-5-12(16-7-10)18-13-6-4-11(14)8-17-13/h3-9,15H,1-2H3. The highest BCUT2D eigenvalue weighted by molar-refractivity contribution is 9.10. The summed E-state index contributed by atoms with van der Waals surface area (Å²) >= 11 is 4.93. The quantitative estimate of drug-likeness (QED) is 0.931. The number of rotatable bonds is 4. The van der Waals surface area contributed by atoms with Gasteiger partial charge in [-0.2, -0.15) is 0 Å². The molecule has 2 aromatic rings. The van der Waals surface area contributed by atoms with Crippen LogP contribution in [-0.2, 0) is 0 Å². The second-order valence-electron chi connectivity index (χ2n) is 3.86. The van der Waals surface area contributed by atoms with E-state index in [4.69, 9.17) is 0 Å². The summed E-state index contributed by atoms with van der Waals surface area (Å²) in [4.78, 5) is 8.75. The van der Waals surface area contributed by atoms with Crippen LogP contribution in [0.5, 0.6) is 0 Å². The van der Waals surface area contributed by atoms with Crippen LogP contribution in [0, 0.1) is 0 Å². The van der Waals surface area contributed by atoms with Gasteiger partial charge in [-0.25, -0.2) is 9.97 Å². The first-order valence-corrected chi connectivity index (χ1v) is 7.22. The predicted molar refractivity (Wildman–Crippen MR) is 77.8 cm³/mol. The van der Waals surface area contributed by atoms with Crippen LogP contribution >= 0.6 is 27.7 Å². The molecule has 3 nitrogen and oxygen atoms in total. The lowest BCUT2D eigenvalue weighted by atomic mass is 10.1. The number of hydrogen-bond donors (Lipinski definition) is 1. The molecule has 0 radical (unpaired) electrons. The van der Waals surface area contributed by atoms with Gasteiger partial charge in [0, 0.05) is 22.9 Å². The van der Waals surface area contributed by atoms with Gasteiger partial charge in [0.2, 0.25) is 0 Å². The average molecular weight is 324 g/mol. The molecular formula is C13H14BrN3S. The van der Waals surface area contributed by atoms with Crippen molar-refractivity contribution in [3.8, 4) is 0 Å². The van der Waals surface area contributed by atoms with Gasteiger partial charge in [0.1, 0.15) is 10.1 Å². The maximum atomic E-state index is 4.44. The monoisotopic (exact) mass is 323 g/mol. The van der Waals surface area contributed by atoms with Gasteiger partial charge >= 0.3 is 0 Å². The Kier molecular flexibility index (Phi) is 4.74. The zero-order valence-electron chi connectivity index (χ0n) is 10.2. The van der Waals surface area contributed by atoms with E-state index in [-0.39, 0.29) is 0 Å². The minimum absolute atomic E-state index is 0.322. The Labute approximate surface area is 120 Å². The predicted octanol–water partition coefficient (Wildman–Crippen LogP) is 3.67. The van der Waals surface area contributed by atoms with E-state index >= 15 is 0 Å². The molecule has 1 unspecified atom stereocenters. The summed E-state index contributed by atoms with van der Waals surface area (Å²) < 4.78 is 0.984. The average Bonchev–Trinajstić information content (AvgIpc) is 2.41. The van der Waals surface area contributed by atoms with E-state index in [0.29, 0.717) is 6.04 Å². The third kappa shape index (κ3) is 3.54. The molecule has 5 heteroatoms. The van der Waals surface area contributed by atoms with Crippen LogP contribution in [0.2, 0.25) is 0 Å². The Bertz CT molecular complexity index is 499. The van der Waals surface area contributed by atoms with Gasteiger partial charge in [0.05, 0.1) is 0 Å². The summed E-state index contributed by atoms with van der Waals surface area (Å²) in [6.45, 7) is 2.11. The van der Waals surface area contributed by atoms with Crippen molar-refractivity contribution in [3.63, 3.8) is 0 Å². The number of aromatic nitrogens is 2. The third-order valence-corrected chi connectivity index (χ3v) is 3.97. The van der Waals surface area contributed by atoms with Gasteiger partial charge in [-0.15, -0.1) is 0 Å². The molecule has 2 heterocycles. The molecule has 0 spiro atoms. The van der Waals surface area contributed by atoms with Crippen LogP contribution in [0.3, 0.4) is 0 Å². The fourth-order valence-corrected chi connectivity index (χ4v) is 2.34. The van der Waals surface area contributed by atoms with Crippen LogP contribution in [0.25, 0.3) is 0 Å². The first kappa shape index (κ1) is 13.5. The van der Waals surface area contributed by atoms with Crippen molar-refractivity contribution in [3.05, 3.63) is 46.7 Å². The van der Waals surface area contributed by atoms with Crippen molar-refractivity contribution >= 4 is 27.7 Å². The summed E-state index contributed by atoms with van der Waals surface area (Å²) in [6.07, 6.45) is 3.70. The molecule has 0 aliphatic carbocycles. The van der Waals surface area contributed by atoms with Crippen LogP contribution in [-0.4, -0.2) is 17.0 Å².